The average Bonchev–Trinajstić information content (AvgIpc) is 3.50. The van der Waals surface area contributed by atoms with E-state index in [2.05, 4.69) is 125 Å². The van der Waals surface area contributed by atoms with Crippen LogP contribution in [0.3, 0.4) is 0 Å². The lowest BCUT2D eigenvalue weighted by atomic mass is 10.2. The summed E-state index contributed by atoms with van der Waals surface area (Å²) in [5.74, 6) is 0. The molecule has 10 heteroatoms. The van der Waals surface area contributed by atoms with Gasteiger partial charge in [0.1, 0.15) is 0 Å². The van der Waals surface area contributed by atoms with Crippen LogP contribution in [-0.2, 0) is 12.3 Å². The molecule has 0 bridgehead atoms. The van der Waals surface area contributed by atoms with Crippen molar-refractivity contribution in [2.45, 2.75) is 58.9 Å². The zero-order chi connectivity index (χ0) is 27.1. The summed E-state index contributed by atoms with van der Waals surface area (Å²) in [4.78, 5) is 6.55. The number of benzene rings is 1. The highest BCUT2D eigenvalue weighted by Crippen LogP contribution is 2.41. The summed E-state index contributed by atoms with van der Waals surface area (Å²) >= 11 is 5.50. The minimum atomic E-state index is -3.08. The predicted octanol–water partition coefficient (Wildman–Crippen LogP) is 9.57. The maximum Gasteiger partial charge on any atom is 0.505 e. The Labute approximate surface area is 238 Å². The smallest absolute Gasteiger partial charge is 0.414 e. The molecule has 0 spiro atoms. The number of hydrogen-bond acceptors (Lipinski definition) is 6. The molecule has 3 heterocycles. The molecule has 37 heavy (non-hydrogen) atoms. The zero-order valence-corrected chi connectivity index (χ0v) is 29.7. The molecule has 3 aromatic heterocycles. The molecule has 0 unspecified atom stereocenters. The molecule has 3 nitrogen and oxygen atoms in total. The molecular formula is C27H38O3S3Si4. The van der Waals surface area contributed by atoms with Crippen molar-refractivity contribution in [2.75, 3.05) is 0 Å². The first kappa shape index (κ1) is 29.1. The van der Waals surface area contributed by atoms with Crippen LogP contribution in [-0.4, -0.2) is 33.8 Å². The number of thiophene rings is 3. The van der Waals surface area contributed by atoms with Crippen molar-refractivity contribution in [3.8, 4) is 29.9 Å². The molecule has 4 rings (SSSR count). The summed E-state index contributed by atoms with van der Waals surface area (Å²) < 4.78 is 20.7. The summed E-state index contributed by atoms with van der Waals surface area (Å²) in [5.41, 5.74) is 1.21. The van der Waals surface area contributed by atoms with Crippen molar-refractivity contribution in [2.24, 2.45) is 0 Å². The van der Waals surface area contributed by atoms with Gasteiger partial charge in [0.25, 0.3) is 0 Å². The van der Waals surface area contributed by atoms with Crippen molar-refractivity contribution in [1.82, 2.24) is 0 Å². The quantitative estimate of drug-likeness (QED) is 0.166. The maximum atomic E-state index is 6.91. The Kier molecular flexibility index (Phi) is 8.57. The molecule has 1 aromatic carbocycles. The van der Waals surface area contributed by atoms with E-state index < -0.39 is 33.8 Å². The molecule has 0 fully saturated rings. The summed E-state index contributed by atoms with van der Waals surface area (Å²) in [5, 5.41) is 3.22. The van der Waals surface area contributed by atoms with Gasteiger partial charge in [-0.3, -0.25) is 0 Å². The highest BCUT2D eigenvalue weighted by molar-refractivity contribution is 7.27. The van der Waals surface area contributed by atoms with Crippen LogP contribution in [0.15, 0.2) is 66.0 Å². The van der Waals surface area contributed by atoms with Crippen molar-refractivity contribution < 1.29 is 12.3 Å². The van der Waals surface area contributed by atoms with Crippen LogP contribution in [0.5, 0.6) is 0 Å². The van der Waals surface area contributed by atoms with Crippen LogP contribution >= 0.6 is 34.0 Å². The molecule has 4 aromatic rings. The first-order valence-electron chi connectivity index (χ1n) is 12.6. The van der Waals surface area contributed by atoms with Gasteiger partial charge in [-0.15, -0.1) is 34.0 Å². The number of rotatable bonds is 10. The molecule has 198 valence electrons. The van der Waals surface area contributed by atoms with Crippen LogP contribution in [0.25, 0.3) is 29.9 Å². The third kappa shape index (κ3) is 7.81. The van der Waals surface area contributed by atoms with Gasteiger partial charge in [-0.05, 0) is 100 Å². The van der Waals surface area contributed by atoms with Crippen molar-refractivity contribution >= 4 is 73.0 Å². The first-order chi connectivity index (χ1) is 17.1. The van der Waals surface area contributed by atoms with E-state index >= 15 is 0 Å². The van der Waals surface area contributed by atoms with Gasteiger partial charge in [0.15, 0.2) is 25.0 Å². The van der Waals surface area contributed by atoms with Gasteiger partial charge in [-0.2, -0.15) is 0 Å². The Morgan fingerprint density at radius 2 is 0.919 bits per heavy atom. The molecule has 0 saturated carbocycles. The standard InChI is InChI=1S/C27H38O3S3Si4/c1-34(2,3)28-37(29-35(4,5)6,30-36(7,8)9)22-14-12-21(13-15-22)23-16-17-26(32-23)27-19-18-25(33-27)24-11-10-20-31-24/h10-20H,1-9H3. The van der Waals surface area contributed by atoms with Gasteiger partial charge in [-0.25, -0.2) is 0 Å². The molecule has 0 amide bonds. The summed E-state index contributed by atoms with van der Waals surface area (Å²) in [6.07, 6.45) is 0. The minimum absolute atomic E-state index is 1.08. The summed E-state index contributed by atoms with van der Waals surface area (Å²) in [6.45, 7) is 20.1. The third-order valence-corrected chi connectivity index (χ3v) is 20.2. The summed E-state index contributed by atoms with van der Waals surface area (Å²) in [6, 6.07) is 22.1. The van der Waals surface area contributed by atoms with Gasteiger partial charge in [0.2, 0.25) is 0 Å². The largest absolute Gasteiger partial charge is 0.505 e. The van der Waals surface area contributed by atoms with E-state index in [1.807, 2.05) is 22.7 Å². The van der Waals surface area contributed by atoms with Crippen LogP contribution in [0.2, 0.25) is 58.9 Å². The van der Waals surface area contributed by atoms with Gasteiger partial charge < -0.3 is 12.3 Å². The fraction of sp³-hybridized carbons (Fsp3) is 0.333. The highest BCUT2D eigenvalue weighted by Gasteiger charge is 2.51. The maximum absolute atomic E-state index is 6.91. The van der Waals surface area contributed by atoms with E-state index in [0.29, 0.717) is 0 Å². The predicted molar refractivity (Wildman–Crippen MR) is 175 cm³/mol. The molecule has 0 aliphatic heterocycles. The summed E-state index contributed by atoms with van der Waals surface area (Å²) in [7, 11) is -8.92. The third-order valence-electron chi connectivity index (χ3n) is 5.06. The fourth-order valence-electron chi connectivity index (χ4n) is 3.93. The molecule has 0 aliphatic rings. The minimum Gasteiger partial charge on any atom is -0.414 e. The topological polar surface area (TPSA) is 27.7 Å². The molecule has 0 atom stereocenters. The van der Waals surface area contributed by atoms with E-state index in [0.717, 1.165) is 5.19 Å². The van der Waals surface area contributed by atoms with Gasteiger partial charge >= 0.3 is 8.80 Å². The Balaban J connectivity index is 1.65. The van der Waals surface area contributed by atoms with Crippen LogP contribution in [0, 0.1) is 0 Å². The second-order valence-electron chi connectivity index (χ2n) is 12.1. The van der Waals surface area contributed by atoms with Crippen LogP contribution in [0.1, 0.15) is 0 Å². The van der Waals surface area contributed by atoms with Crippen molar-refractivity contribution in [1.29, 1.82) is 0 Å². The second kappa shape index (κ2) is 10.9. The Hall–Kier alpha value is -0.932. The molecule has 0 aliphatic carbocycles. The molecule has 0 saturated heterocycles. The molecule has 0 N–H and O–H groups in total. The lowest BCUT2D eigenvalue weighted by Crippen LogP contribution is -2.67. The fourth-order valence-corrected chi connectivity index (χ4v) is 20.2. The second-order valence-corrected chi connectivity index (χ2v) is 32.0. The van der Waals surface area contributed by atoms with Crippen molar-refractivity contribution in [3.05, 3.63) is 66.0 Å². The lowest BCUT2D eigenvalue weighted by molar-refractivity contribution is 0.273. The zero-order valence-electron chi connectivity index (χ0n) is 23.3. The van der Waals surface area contributed by atoms with Gasteiger partial charge in [0.05, 0.1) is 0 Å². The monoisotopic (exact) mass is 618 g/mol. The van der Waals surface area contributed by atoms with E-state index in [9.17, 15) is 0 Å². The normalized spacial score (nSPS) is 13.3. The van der Waals surface area contributed by atoms with E-state index in [1.165, 1.54) is 29.9 Å². The number of hydrogen-bond donors (Lipinski definition) is 0. The first-order valence-corrected chi connectivity index (χ1v) is 27.0. The van der Waals surface area contributed by atoms with E-state index in [1.54, 1.807) is 11.3 Å². The SMILES string of the molecule is C[Si](C)(C)O[Si](O[Si](C)(C)C)(O[Si](C)(C)C)c1ccc(-c2ccc(-c3ccc(-c4cccs4)s3)s2)cc1. The van der Waals surface area contributed by atoms with Gasteiger partial charge in [-0.1, -0.05) is 30.3 Å². The van der Waals surface area contributed by atoms with Crippen molar-refractivity contribution in [3.63, 3.8) is 0 Å². The Morgan fingerprint density at radius 3 is 1.35 bits per heavy atom. The average molecular weight is 619 g/mol. The van der Waals surface area contributed by atoms with Gasteiger partial charge in [0, 0.05) is 29.6 Å². The lowest BCUT2D eigenvalue weighted by Gasteiger charge is -2.42. The highest BCUT2D eigenvalue weighted by atomic mass is 32.1. The Bertz CT molecular complexity index is 1270. The Morgan fingerprint density at radius 1 is 0.486 bits per heavy atom. The van der Waals surface area contributed by atoms with Crippen LogP contribution in [0.4, 0.5) is 0 Å². The van der Waals surface area contributed by atoms with E-state index in [-0.39, 0.29) is 0 Å². The van der Waals surface area contributed by atoms with Crippen LogP contribution < -0.4 is 5.19 Å². The molecular weight excluding hydrogens is 581 g/mol. The molecule has 0 radical (unpaired) electrons. The van der Waals surface area contributed by atoms with E-state index in [4.69, 9.17) is 12.3 Å².